The van der Waals surface area contributed by atoms with E-state index in [1.54, 1.807) is 24.3 Å². The minimum atomic E-state index is -3.37. The van der Waals surface area contributed by atoms with E-state index in [4.69, 9.17) is 4.74 Å². The van der Waals surface area contributed by atoms with Crippen molar-refractivity contribution >= 4 is 15.7 Å². The average Bonchev–Trinajstić information content (AvgIpc) is 3.03. The maximum atomic E-state index is 13.2. The van der Waals surface area contributed by atoms with Gasteiger partial charge in [-0.2, -0.15) is 0 Å². The number of unbranched alkanes of at least 4 members (excludes halogenated alkanes) is 1. The van der Waals surface area contributed by atoms with Crippen LogP contribution in [0.15, 0.2) is 59.5 Å². The van der Waals surface area contributed by atoms with Crippen LogP contribution in [-0.4, -0.2) is 43.2 Å². The van der Waals surface area contributed by atoms with Crippen LogP contribution in [0.5, 0.6) is 5.75 Å². The normalized spacial score (nSPS) is 23.4. The van der Waals surface area contributed by atoms with E-state index < -0.39 is 15.1 Å². The number of hydrogen-bond donors (Lipinski definition) is 0. The molecular weight excluding hydrogens is 398 g/mol. The van der Waals surface area contributed by atoms with Crippen LogP contribution in [0.1, 0.15) is 55.8 Å². The summed E-state index contributed by atoms with van der Waals surface area (Å²) in [6.07, 6.45) is 4.85. The first-order valence-electron chi connectivity index (χ1n) is 10.8. The van der Waals surface area contributed by atoms with Crippen molar-refractivity contribution < 1.29 is 17.9 Å². The molecule has 0 spiro atoms. The van der Waals surface area contributed by atoms with E-state index in [1.807, 2.05) is 35.2 Å². The van der Waals surface area contributed by atoms with Gasteiger partial charge in [-0.3, -0.25) is 4.79 Å². The molecule has 2 bridgehead atoms. The number of fused-ring (bicyclic) bond motifs is 2. The van der Waals surface area contributed by atoms with E-state index >= 15 is 0 Å². The number of piperidine rings is 1. The minimum Gasteiger partial charge on any atom is -0.494 e. The summed E-state index contributed by atoms with van der Waals surface area (Å²) in [5.41, 5.74) is 0.638. The summed E-state index contributed by atoms with van der Waals surface area (Å²) in [7, 11) is -3.37. The highest BCUT2D eigenvalue weighted by molar-refractivity contribution is 7.92. The van der Waals surface area contributed by atoms with Crippen molar-refractivity contribution in [3.63, 3.8) is 0 Å². The van der Waals surface area contributed by atoms with Gasteiger partial charge in [0.05, 0.1) is 16.8 Å². The van der Waals surface area contributed by atoms with E-state index in [0.29, 0.717) is 29.9 Å². The van der Waals surface area contributed by atoms with Gasteiger partial charge >= 0.3 is 0 Å². The lowest BCUT2D eigenvalue weighted by molar-refractivity contribution is 0.0598. The second-order valence-electron chi connectivity index (χ2n) is 8.28. The van der Waals surface area contributed by atoms with Gasteiger partial charge in [0.1, 0.15) is 5.75 Å². The minimum absolute atomic E-state index is 0.00170. The van der Waals surface area contributed by atoms with E-state index in [1.165, 1.54) is 0 Å². The number of nitrogens with zero attached hydrogens (tertiary/aromatic N) is 1. The molecule has 1 amide bonds. The predicted molar refractivity (Wildman–Crippen MR) is 116 cm³/mol. The number of carbonyl (C=O) groups excluding carboxylic acids is 1. The van der Waals surface area contributed by atoms with Gasteiger partial charge in [-0.1, -0.05) is 31.5 Å². The third-order valence-corrected chi connectivity index (χ3v) is 8.49. The molecule has 160 valence electrons. The van der Waals surface area contributed by atoms with Crippen LogP contribution < -0.4 is 4.74 Å². The molecule has 2 aromatic rings. The van der Waals surface area contributed by atoms with Gasteiger partial charge in [0, 0.05) is 17.6 Å². The Morgan fingerprint density at radius 1 is 1.00 bits per heavy atom. The summed E-state index contributed by atoms with van der Waals surface area (Å²) in [4.78, 5) is 15.5. The lowest BCUT2D eigenvalue weighted by Gasteiger charge is -2.38. The van der Waals surface area contributed by atoms with Crippen molar-refractivity contribution in [2.75, 3.05) is 6.61 Å². The van der Waals surface area contributed by atoms with E-state index in [-0.39, 0.29) is 18.0 Å². The number of sulfone groups is 1. The van der Waals surface area contributed by atoms with Crippen molar-refractivity contribution in [1.29, 1.82) is 0 Å². The predicted octanol–water partition coefficient (Wildman–Crippen LogP) is 4.48. The highest BCUT2D eigenvalue weighted by Crippen LogP contribution is 2.40. The molecule has 5 nitrogen and oxygen atoms in total. The summed E-state index contributed by atoms with van der Waals surface area (Å²) < 4.78 is 31.8. The monoisotopic (exact) mass is 427 g/mol. The van der Waals surface area contributed by atoms with Crippen LogP contribution in [0.3, 0.4) is 0 Å². The van der Waals surface area contributed by atoms with Gasteiger partial charge in [0.15, 0.2) is 9.84 Å². The molecule has 2 atom stereocenters. The molecule has 0 aliphatic carbocycles. The molecule has 2 aromatic carbocycles. The van der Waals surface area contributed by atoms with Crippen LogP contribution in [0, 0.1) is 0 Å². The second-order valence-corrected chi connectivity index (χ2v) is 10.5. The van der Waals surface area contributed by atoms with Crippen LogP contribution in [0.4, 0.5) is 0 Å². The largest absolute Gasteiger partial charge is 0.494 e. The van der Waals surface area contributed by atoms with Crippen LogP contribution in [0.2, 0.25) is 0 Å². The molecule has 2 aliphatic rings. The maximum Gasteiger partial charge on any atom is 0.254 e. The molecule has 6 heteroatoms. The molecule has 4 rings (SSSR count). The van der Waals surface area contributed by atoms with Crippen molar-refractivity contribution in [3.05, 3.63) is 60.2 Å². The number of rotatable bonds is 7. The molecule has 2 fully saturated rings. The van der Waals surface area contributed by atoms with Crippen molar-refractivity contribution in [2.24, 2.45) is 0 Å². The lowest BCUT2D eigenvalue weighted by atomic mass is 10.0. The number of amides is 1. The van der Waals surface area contributed by atoms with Gasteiger partial charge in [-0.05, 0) is 68.5 Å². The molecule has 2 saturated heterocycles. The molecule has 30 heavy (non-hydrogen) atoms. The van der Waals surface area contributed by atoms with E-state index in [0.717, 1.165) is 31.4 Å². The standard InChI is InChI=1S/C24H29NO4S/c1-2-3-15-29-21-13-9-18(10-14-21)24(26)25-19-11-12-20(25)17-23(16-19)30(27,28)22-7-5-4-6-8-22/h4-10,13-14,19-20,23H,2-3,11-12,15-17H2,1H3. The summed E-state index contributed by atoms with van der Waals surface area (Å²) >= 11 is 0. The fourth-order valence-electron chi connectivity index (χ4n) is 4.69. The molecular formula is C24H29NO4S. The topological polar surface area (TPSA) is 63.7 Å². The number of benzene rings is 2. The highest BCUT2D eigenvalue weighted by atomic mass is 32.2. The molecule has 2 unspecified atom stereocenters. The van der Waals surface area contributed by atoms with Gasteiger partial charge in [-0.15, -0.1) is 0 Å². The van der Waals surface area contributed by atoms with Crippen molar-refractivity contribution in [3.8, 4) is 5.75 Å². The number of hydrogen-bond acceptors (Lipinski definition) is 4. The second kappa shape index (κ2) is 8.80. The van der Waals surface area contributed by atoms with Crippen LogP contribution in [0.25, 0.3) is 0 Å². The van der Waals surface area contributed by atoms with E-state index in [2.05, 4.69) is 6.92 Å². The highest BCUT2D eigenvalue weighted by Gasteiger charge is 2.47. The Balaban J connectivity index is 1.45. The van der Waals surface area contributed by atoms with Crippen molar-refractivity contribution in [1.82, 2.24) is 4.90 Å². The lowest BCUT2D eigenvalue weighted by Crippen LogP contribution is -2.49. The van der Waals surface area contributed by atoms with Gasteiger partial charge in [0.25, 0.3) is 5.91 Å². The average molecular weight is 428 g/mol. The first-order chi connectivity index (χ1) is 14.5. The zero-order valence-electron chi connectivity index (χ0n) is 17.4. The zero-order valence-corrected chi connectivity index (χ0v) is 18.2. The summed E-state index contributed by atoms with van der Waals surface area (Å²) in [5, 5.41) is -0.421. The summed E-state index contributed by atoms with van der Waals surface area (Å²) in [6, 6.07) is 16.0. The Hall–Kier alpha value is -2.34. The van der Waals surface area contributed by atoms with E-state index in [9.17, 15) is 13.2 Å². The van der Waals surface area contributed by atoms with Gasteiger partial charge < -0.3 is 9.64 Å². The maximum absolute atomic E-state index is 13.2. The molecule has 0 N–H and O–H groups in total. The molecule has 0 aromatic heterocycles. The van der Waals surface area contributed by atoms with Gasteiger partial charge in [0.2, 0.25) is 0 Å². The fourth-order valence-corrected chi connectivity index (χ4v) is 6.56. The SMILES string of the molecule is CCCCOc1ccc(C(=O)N2C3CCC2CC(S(=O)(=O)c2ccccc2)C3)cc1. The third kappa shape index (κ3) is 4.10. The smallest absolute Gasteiger partial charge is 0.254 e. The first kappa shape index (κ1) is 20.9. The Kier molecular flexibility index (Phi) is 6.14. The fraction of sp³-hybridized carbons (Fsp3) is 0.458. The Morgan fingerprint density at radius 2 is 1.63 bits per heavy atom. The Morgan fingerprint density at radius 3 is 2.23 bits per heavy atom. The Bertz CT molecular complexity index is 958. The molecule has 2 aliphatic heterocycles. The number of carbonyl (C=O) groups is 1. The summed E-state index contributed by atoms with van der Waals surface area (Å²) in [6.45, 7) is 2.80. The molecule has 0 radical (unpaired) electrons. The van der Waals surface area contributed by atoms with Crippen LogP contribution >= 0.6 is 0 Å². The number of ether oxygens (including phenoxy) is 1. The molecule has 2 heterocycles. The van der Waals surface area contributed by atoms with Crippen LogP contribution in [-0.2, 0) is 9.84 Å². The Labute approximate surface area is 179 Å². The van der Waals surface area contributed by atoms with Crippen molar-refractivity contribution in [2.45, 2.75) is 67.7 Å². The summed E-state index contributed by atoms with van der Waals surface area (Å²) in [5.74, 6) is 0.772. The quantitative estimate of drug-likeness (QED) is 0.612. The first-order valence-corrected chi connectivity index (χ1v) is 12.4. The zero-order chi connectivity index (χ0) is 21.1. The van der Waals surface area contributed by atoms with Gasteiger partial charge in [-0.25, -0.2) is 8.42 Å². The molecule has 0 saturated carbocycles. The third-order valence-electron chi connectivity index (χ3n) is 6.30.